The van der Waals surface area contributed by atoms with E-state index in [0.717, 1.165) is 6.42 Å². The van der Waals surface area contributed by atoms with Crippen LogP contribution >= 0.6 is 9.24 Å². The molecule has 0 amide bonds. The Bertz CT molecular complexity index is 86.3. The summed E-state index contributed by atoms with van der Waals surface area (Å²) in [5.74, 6) is 0. The van der Waals surface area contributed by atoms with Crippen molar-refractivity contribution < 1.29 is 4.74 Å². The minimum absolute atomic E-state index is 0. The Morgan fingerprint density at radius 1 is 1.86 bits per heavy atom. The molecule has 2 heteroatoms. The second-order valence-corrected chi connectivity index (χ2v) is 3.23. The van der Waals surface area contributed by atoms with E-state index in [4.69, 9.17) is 4.74 Å². The Morgan fingerprint density at radius 2 is 2.57 bits per heavy atom. The van der Waals surface area contributed by atoms with E-state index < -0.39 is 0 Å². The molecular weight excluding hydrogens is 107 g/mol. The van der Waals surface area contributed by atoms with Crippen LogP contribution in [0.1, 0.15) is 13.3 Å². The third kappa shape index (κ3) is 1.17. The van der Waals surface area contributed by atoms with Gasteiger partial charge in [-0.3, -0.25) is 0 Å². The first kappa shape index (κ1) is 5.11. The van der Waals surface area contributed by atoms with E-state index in [-0.39, 0.29) is 5.34 Å². The molecular formula is C5H9OP. The maximum Gasteiger partial charge on any atom is 0.121 e. The summed E-state index contributed by atoms with van der Waals surface area (Å²) in [6, 6.07) is 0. The lowest BCUT2D eigenvalue weighted by Gasteiger charge is -2.15. The Balaban J connectivity index is 2.49. The van der Waals surface area contributed by atoms with Crippen LogP contribution in [0.4, 0.5) is 0 Å². The van der Waals surface area contributed by atoms with Gasteiger partial charge in [-0.05, 0) is 13.0 Å². The summed E-state index contributed by atoms with van der Waals surface area (Å²) < 4.78 is 5.12. The fraction of sp³-hybridized carbons (Fsp3) is 0.600. The molecule has 1 rings (SSSR count). The standard InChI is InChI=1S/C5H9OP/c1-5(7)3-2-4-6-5/h2,4H,3,7H2,1H3. The van der Waals surface area contributed by atoms with Crippen molar-refractivity contribution in [1.29, 1.82) is 0 Å². The van der Waals surface area contributed by atoms with E-state index in [9.17, 15) is 0 Å². The van der Waals surface area contributed by atoms with Crippen LogP contribution in [0.5, 0.6) is 0 Å². The Labute approximate surface area is 45.9 Å². The minimum atomic E-state index is 0. The van der Waals surface area contributed by atoms with Gasteiger partial charge in [-0.25, -0.2) is 0 Å². The summed E-state index contributed by atoms with van der Waals surface area (Å²) in [6.07, 6.45) is 4.78. The predicted molar refractivity (Wildman–Crippen MR) is 33.0 cm³/mol. The van der Waals surface area contributed by atoms with Crippen molar-refractivity contribution in [1.82, 2.24) is 0 Å². The van der Waals surface area contributed by atoms with Crippen LogP contribution in [0.15, 0.2) is 12.3 Å². The maximum atomic E-state index is 5.12. The van der Waals surface area contributed by atoms with E-state index in [1.807, 2.05) is 13.0 Å². The SMILES string of the molecule is CC1(P)CC=CO1. The Morgan fingerprint density at radius 3 is 2.71 bits per heavy atom. The molecule has 0 aliphatic carbocycles. The molecule has 0 radical (unpaired) electrons. The van der Waals surface area contributed by atoms with Crippen LogP contribution in [0.3, 0.4) is 0 Å². The van der Waals surface area contributed by atoms with E-state index in [1.165, 1.54) is 0 Å². The zero-order valence-corrected chi connectivity index (χ0v) is 5.50. The average molecular weight is 116 g/mol. The highest BCUT2D eigenvalue weighted by atomic mass is 31.0. The van der Waals surface area contributed by atoms with Crippen molar-refractivity contribution in [2.75, 3.05) is 0 Å². The number of ether oxygens (including phenoxy) is 1. The van der Waals surface area contributed by atoms with Crippen LogP contribution in [0.2, 0.25) is 0 Å². The Kier molecular flexibility index (Phi) is 1.08. The van der Waals surface area contributed by atoms with Crippen LogP contribution < -0.4 is 0 Å². The first-order valence-corrected chi connectivity index (χ1v) is 2.90. The van der Waals surface area contributed by atoms with Crippen molar-refractivity contribution in [3.63, 3.8) is 0 Å². The van der Waals surface area contributed by atoms with Crippen molar-refractivity contribution in [2.24, 2.45) is 0 Å². The molecule has 7 heavy (non-hydrogen) atoms. The first-order chi connectivity index (χ1) is 3.21. The predicted octanol–water partition coefficient (Wildman–Crippen LogP) is 1.51. The smallest absolute Gasteiger partial charge is 0.121 e. The lowest BCUT2D eigenvalue weighted by atomic mass is 10.3. The number of rotatable bonds is 0. The molecule has 0 aromatic rings. The summed E-state index contributed by atoms with van der Waals surface area (Å²) in [4.78, 5) is 0. The third-order valence-electron chi connectivity index (χ3n) is 0.957. The highest BCUT2D eigenvalue weighted by molar-refractivity contribution is 7.18. The molecule has 0 aromatic heterocycles. The minimum Gasteiger partial charge on any atom is -0.491 e. The maximum absolute atomic E-state index is 5.12. The molecule has 40 valence electrons. The van der Waals surface area contributed by atoms with Crippen molar-refractivity contribution in [3.8, 4) is 0 Å². The molecule has 1 aliphatic heterocycles. The van der Waals surface area contributed by atoms with Gasteiger partial charge in [0.05, 0.1) is 6.26 Å². The molecule has 0 saturated heterocycles. The van der Waals surface area contributed by atoms with Crippen LogP contribution in [-0.4, -0.2) is 5.34 Å². The van der Waals surface area contributed by atoms with E-state index in [2.05, 4.69) is 9.24 Å². The molecule has 0 fully saturated rings. The molecule has 1 nitrogen and oxygen atoms in total. The quantitative estimate of drug-likeness (QED) is 0.436. The number of hydrogen-bond donors (Lipinski definition) is 0. The lowest BCUT2D eigenvalue weighted by Crippen LogP contribution is -2.10. The van der Waals surface area contributed by atoms with Crippen molar-refractivity contribution in [3.05, 3.63) is 12.3 Å². The van der Waals surface area contributed by atoms with Gasteiger partial charge in [0.25, 0.3) is 0 Å². The summed E-state index contributed by atoms with van der Waals surface area (Å²) in [5, 5.41) is 0. The van der Waals surface area contributed by atoms with Gasteiger partial charge in [-0.1, -0.05) is 9.24 Å². The lowest BCUT2D eigenvalue weighted by molar-refractivity contribution is 0.154. The summed E-state index contributed by atoms with van der Waals surface area (Å²) >= 11 is 0. The molecule has 0 saturated carbocycles. The zero-order valence-electron chi connectivity index (χ0n) is 4.35. The van der Waals surface area contributed by atoms with E-state index in [0.29, 0.717) is 0 Å². The molecule has 0 aromatic carbocycles. The molecule has 1 aliphatic rings. The van der Waals surface area contributed by atoms with E-state index >= 15 is 0 Å². The highest BCUT2D eigenvalue weighted by Gasteiger charge is 2.19. The van der Waals surface area contributed by atoms with Gasteiger partial charge in [0.15, 0.2) is 0 Å². The van der Waals surface area contributed by atoms with Gasteiger partial charge in [0, 0.05) is 6.42 Å². The molecule has 0 spiro atoms. The first-order valence-electron chi connectivity index (χ1n) is 2.32. The zero-order chi connectivity index (χ0) is 5.33. The van der Waals surface area contributed by atoms with Crippen LogP contribution in [-0.2, 0) is 4.74 Å². The summed E-state index contributed by atoms with van der Waals surface area (Å²) in [6.45, 7) is 2.04. The molecule has 2 atom stereocenters. The van der Waals surface area contributed by atoms with Gasteiger partial charge >= 0.3 is 0 Å². The molecule has 1 heterocycles. The third-order valence-corrected chi connectivity index (χ3v) is 1.33. The fourth-order valence-corrected chi connectivity index (χ4v) is 0.748. The second-order valence-electron chi connectivity index (χ2n) is 2.01. The topological polar surface area (TPSA) is 9.23 Å². The van der Waals surface area contributed by atoms with E-state index in [1.54, 1.807) is 6.26 Å². The summed E-state index contributed by atoms with van der Waals surface area (Å²) in [7, 11) is 2.65. The molecule has 2 unspecified atom stereocenters. The van der Waals surface area contributed by atoms with Gasteiger partial charge in [-0.2, -0.15) is 0 Å². The van der Waals surface area contributed by atoms with Crippen LogP contribution in [0, 0.1) is 0 Å². The Hall–Kier alpha value is -0.0300. The van der Waals surface area contributed by atoms with Gasteiger partial charge in [0.2, 0.25) is 0 Å². The normalized spacial score (nSPS) is 38.6. The molecule has 0 N–H and O–H groups in total. The fourth-order valence-electron chi connectivity index (χ4n) is 0.534. The van der Waals surface area contributed by atoms with Crippen molar-refractivity contribution >= 4 is 9.24 Å². The molecule has 0 bridgehead atoms. The largest absolute Gasteiger partial charge is 0.491 e. The second kappa shape index (κ2) is 1.48. The van der Waals surface area contributed by atoms with Gasteiger partial charge in [-0.15, -0.1) is 0 Å². The van der Waals surface area contributed by atoms with Gasteiger partial charge < -0.3 is 4.74 Å². The monoisotopic (exact) mass is 116 g/mol. The van der Waals surface area contributed by atoms with Crippen molar-refractivity contribution in [2.45, 2.75) is 18.7 Å². The highest BCUT2D eigenvalue weighted by Crippen LogP contribution is 2.28. The average Bonchev–Trinajstić information content (AvgIpc) is 1.84. The summed E-state index contributed by atoms with van der Waals surface area (Å²) in [5.41, 5.74) is 0. The number of hydrogen-bond acceptors (Lipinski definition) is 1. The van der Waals surface area contributed by atoms with Crippen LogP contribution in [0.25, 0.3) is 0 Å². The van der Waals surface area contributed by atoms with Gasteiger partial charge in [0.1, 0.15) is 5.34 Å².